The average molecular weight is 521 g/mol. The van der Waals surface area contributed by atoms with Gasteiger partial charge >= 0.3 is 5.97 Å². The molecule has 174 valence electrons. The van der Waals surface area contributed by atoms with E-state index in [1.54, 1.807) is 24.4 Å². The Morgan fingerprint density at radius 3 is 2.62 bits per heavy atom. The number of ether oxygens (including phenoxy) is 1. The predicted molar refractivity (Wildman–Crippen MR) is 137 cm³/mol. The molecule has 0 saturated carbocycles. The van der Waals surface area contributed by atoms with Crippen LogP contribution in [0.15, 0.2) is 62.9 Å². The van der Waals surface area contributed by atoms with E-state index in [-0.39, 0.29) is 17.4 Å². The van der Waals surface area contributed by atoms with Crippen molar-refractivity contribution in [2.45, 2.75) is 33.6 Å². The van der Waals surface area contributed by atoms with Crippen LogP contribution in [0.4, 0.5) is 0 Å². The summed E-state index contributed by atoms with van der Waals surface area (Å²) in [5.74, 6) is 0.212. The first kappa shape index (κ1) is 23.6. The Labute approximate surface area is 205 Å². The molecule has 0 aliphatic carbocycles. The molecule has 0 bridgehead atoms. The number of nitrogens with zero attached hydrogens (tertiary/aromatic N) is 4. The maximum absolute atomic E-state index is 13.3. The van der Waals surface area contributed by atoms with Crippen LogP contribution in [0, 0.1) is 13.8 Å². The summed E-state index contributed by atoms with van der Waals surface area (Å²) in [6.45, 7) is 7.92. The van der Waals surface area contributed by atoms with Gasteiger partial charge in [0, 0.05) is 33.0 Å². The lowest BCUT2D eigenvalue weighted by Crippen LogP contribution is -2.23. The quantitative estimate of drug-likeness (QED) is 0.262. The number of hydrogen-bond acceptors (Lipinski definition) is 5. The molecule has 2 aromatic heterocycles. The van der Waals surface area contributed by atoms with Gasteiger partial charge in [-0.1, -0.05) is 35.8 Å². The monoisotopic (exact) mass is 520 g/mol. The number of methoxy groups -OCH3 is 1. The van der Waals surface area contributed by atoms with Crippen LogP contribution in [0.5, 0.6) is 0 Å². The van der Waals surface area contributed by atoms with Crippen molar-refractivity contribution >= 4 is 39.0 Å². The first-order chi connectivity index (χ1) is 16.2. The number of aryl methyl sites for hydroxylation is 1. The lowest BCUT2D eigenvalue weighted by atomic mass is 10.2. The second kappa shape index (κ2) is 9.38. The Balaban J connectivity index is 1.81. The summed E-state index contributed by atoms with van der Waals surface area (Å²) in [7, 11) is 1.36. The Morgan fingerprint density at radius 1 is 1.15 bits per heavy atom. The molecule has 8 heteroatoms. The minimum Gasteiger partial charge on any atom is -0.465 e. The highest BCUT2D eigenvalue weighted by Gasteiger charge is 2.15. The molecule has 0 fully saturated rings. The molecule has 0 aliphatic rings. The van der Waals surface area contributed by atoms with E-state index < -0.39 is 0 Å². The third kappa shape index (κ3) is 4.33. The molecule has 2 aromatic carbocycles. The normalized spacial score (nSPS) is 11.6. The molecule has 0 spiro atoms. The number of fused-ring (bicyclic) bond motifs is 1. The van der Waals surface area contributed by atoms with Gasteiger partial charge in [0.15, 0.2) is 0 Å². The first-order valence-electron chi connectivity index (χ1n) is 10.9. The SMILES string of the molecule is COC(=O)c1cccc(-n2c(C)cc(C=Nn3c(C(C)C)nc4ccc(Br)cc4c3=O)c2C)c1. The highest BCUT2D eigenvalue weighted by Crippen LogP contribution is 2.22. The molecule has 4 aromatic rings. The number of carbonyl (C=O) groups is 1. The van der Waals surface area contributed by atoms with E-state index in [2.05, 4.69) is 21.0 Å². The average Bonchev–Trinajstić information content (AvgIpc) is 3.10. The van der Waals surface area contributed by atoms with E-state index in [0.717, 1.165) is 27.1 Å². The van der Waals surface area contributed by atoms with Crippen LogP contribution >= 0.6 is 15.9 Å². The van der Waals surface area contributed by atoms with E-state index in [9.17, 15) is 9.59 Å². The van der Waals surface area contributed by atoms with Crippen molar-refractivity contribution in [1.82, 2.24) is 14.2 Å². The summed E-state index contributed by atoms with van der Waals surface area (Å²) >= 11 is 3.43. The van der Waals surface area contributed by atoms with Crippen molar-refractivity contribution in [2.24, 2.45) is 5.10 Å². The van der Waals surface area contributed by atoms with Crippen LogP contribution < -0.4 is 5.56 Å². The summed E-state index contributed by atoms with van der Waals surface area (Å²) in [5.41, 5.74) is 4.51. The van der Waals surface area contributed by atoms with Crippen LogP contribution in [-0.2, 0) is 4.74 Å². The molecule has 0 aliphatic heterocycles. The third-order valence-corrected chi connectivity index (χ3v) is 6.15. The molecular formula is C26H25BrN4O3. The van der Waals surface area contributed by atoms with E-state index >= 15 is 0 Å². The van der Waals surface area contributed by atoms with Crippen molar-refractivity contribution in [2.75, 3.05) is 7.11 Å². The topological polar surface area (TPSA) is 78.5 Å². The zero-order chi connectivity index (χ0) is 24.6. The standard InChI is InChI=1S/C26H25BrN4O3/c1-15(2)24-29-23-10-9-20(27)13-22(23)25(32)31(24)28-14-19-11-16(3)30(17(19)4)21-8-6-7-18(12-21)26(33)34-5/h6-15H,1-5H3. The third-order valence-electron chi connectivity index (χ3n) is 5.66. The van der Waals surface area contributed by atoms with Gasteiger partial charge in [-0.05, 0) is 56.3 Å². The fourth-order valence-electron chi connectivity index (χ4n) is 3.98. The number of esters is 1. The molecular weight excluding hydrogens is 496 g/mol. The first-order valence-corrected chi connectivity index (χ1v) is 11.6. The van der Waals surface area contributed by atoms with Crippen LogP contribution in [0.1, 0.15) is 52.9 Å². The minimum absolute atomic E-state index is 0.00592. The Bertz CT molecular complexity index is 1500. The lowest BCUT2D eigenvalue weighted by molar-refractivity contribution is 0.0600. The van der Waals surface area contributed by atoms with Crippen LogP contribution in [-0.4, -0.2) is 33.5 Å². The molecule has 0 N–H and O–H groups in total. The fraction of sp³-hybridized carbons (Fsp3) is 0.231. The Hall–Kier alpha value is -3.52. The molecule has 2 heterocycles. The molecule has 4 rings (SSSR count). The maximum atomic E-state index is 13.3. The number of benzene rings is 2. The number of aromatic nitrogens is 3. The molecule has 0 unspecified atom stereocenters. The second-order valence-electron chi connectivity index (χ2n) is 8.35. The zero-order valence-corrected chi connectivity index (χ0v) is 21.3. The summed E-state index contributed by atoms with van der Waals surface area (Å²) in [5, 5.41) is 5.06. The molecule has 0 atom stereocenters. The van der Waals surface area contributed by atoms with Crippen LogP contribution in [0.3, 0.4) is 0 Å². The van der Waals surface area contributed by atoms with Crippen molar-refractivity contribution in [3.05, 3.63) is 91.7 Å². The van der Waals surface area contributed by atoms with Gasteiger partial charge < -0.3 is 9.30 Å². The summed E-state index contributed by atoms with van der Waals surface area (Å²) < 4.78 is 9.07. The molecule has 0 amide bonds. The van der Waals surface area contributed by atoms with Gasteiger partial charge in [-0.3, -0.25) is 4.79 Å². The Morgan fingerprint density at radius 2 is 1.91 bits per heavy atom. The van der Waals surface area contributed by atoms with E-state index in [1.165, 1.54) is 11.8 Å². The number of carbonyl (C=O) groups excluding carboxylic acids is 1. The molecule has 7 nitrogen and oxygen atoms in total. The molecule has 0 saturated heterocycles. The van der Waals surface area contributed by atoms with Crippen molar-refractivity contribution in [3.63, 3.8) is 0 Å². The van der Waals surface area contributed by atoms with E-state index in [0.29, 0.717) is 22.3 Å². The number of hydrogen-bond donors (Lipinski definition) is 0. The van der Waals surface area contributed by atoms with E-state index in [1.807, 2.05) is 62.6 Å². The van der Waals surface area contributed by atoms with E-state index in [4.69, 9.17) is 9.72 Å². The second-order valence-corrected chi connectivity index (χ2v) is 9.27. The van der Waals surface area contributed by atoms with Gasteiger partial charge in [0.25, 0.3) is 5.56 Å². The fourth-order valence-corrected chi connectivity index (χ4v) is 4.34. The summed E-state index contributed by atoms with van der Waals surface area (Å²) in [4.78, 5) is 29.9. The van der Waals surface area contributed by atoms with Gasteiger partial charge in [-0.25, -0.2) is 9.78 Å². The lowest BCUT2D eigenvalue weighted by Gasteiger charge is -2.12. The van der Waals surface area contributed by atoms with Crippen LogP contribution in [0.2, 0.25) is 0 Å². The number of halogens is 1. The van der Waals surface area contributed by atoms with Crippen molar-refractivity contribution in [1.29, 1.82) is 0 Å². The van der Waals surface area contributed by atoms with Gasteiger partial charge in [0.1, 0.15) is 5.82 Å². The highest BCUT2D eigenvalue weighted by molar-refractivity contribution is 9.10. The summed E-state index contributed by atoms with van der Waals surface area (Å²) in [6, 6.07) is 14.7. The minimum atomic E-state index is -0.387. The number of rotatable bonds is 5. The highest BCUT2D eigenvalue weighted by atomic mass is 79.9. The smallest absolute Gasteiger partial charge is 0.337 e. The van der Waals surface area contributed by atoms with Crippen molar-refractivity contribution < 1.29 is 9.53 Å². The zero-order valence-electron chi connectivity index (χ0n) is 19.7. The maximum Gasteiger partial charge on any atom is 0.337 e. The summed E-state index contributed by atoms with van der Waals surface area (Å²) in [6.07, 6.45) is 1.68. The van der Waals surface area contributed by atoms with Gasteiger partial charge in [-0.2, -0.15) is 9.78 Å². The van der Waals surface area contributed by atoms with Gasteiger partial charge in [0.2, 0.25) is 0 Å². The van der Waals surface area contributed by atoms with Crippen LogP contribution in [0.25, 0.3) is 16.6 Å². The predicted octanol–water partition coefficient (Wildman–Crippen LogP) is 5.36. The molecule has 0 radical (unpaired) electrons. The van der Waals surface area contributed by atoms with Crippen molar-refractivity contribution in [3.8, 4) is 5.69 Å². The van der Waals surface area contributed by atoms with Gasteiger partial charge in [-0.15, -0.1) is 0 Å². The molecule has 34 heavy (non-hydrogen) atoms. The largest absolute Gasteiger partial charge is 0.465 e. The van der Waals surface area contributed by atoms with Gasteiger partial charge in [0.05, 0.1) is 29.8 Å². The Kier molecular flexibility index (Phi) is 6.52.